The second kappa shape index (κ2) is 2.72. The van der Waals surface area contributed by atoms with Crippen molar-refractivity contribution >= 4 is 11.9 Å². The molecule has 0 spiro atoms. The highest BCUT2D eigenvalue weighted by Gasteiger charge is 2.50. The smallest absolute Gasteiger partial charge is 0.312 e. The van der Waals surface area contributed by atoms with E-state index in [0.29, 0.717) is 12.8 Å². The molecular formula is C9H12O4. The fourth-order valence-corrected chi connectivity index (χ4v) is 2.28. The van der Waals surface area contributed by atoms with Gasteiger partial charge in [0.25, 0.3) is 0 Å². The molecule has 0 amide bonds. The van der Waals surface area contributed by atoms with Crippen LogP contribution in [0.1, 0.15) is 32.1 Å². The Morgan fingerprint density at radius 3 is 2.62 bits per heavy atom. The minimum absolute atomic E-state index is 0.0585. The Kier molecular flexibility index (Phi) is 1.78. The van der Waals surface area contributed by atoms with Crippen molar-refractivity contribution in [1.82, 2.24) is 0 Å². The van der Waals surface area contributed by atoms with Crippen LogP contribution in [0.25, 0.3) is 0 Å². The Labute approximate surface area is 75.9 Å². The van der Waals surface area contributed by atoms with Gasteiger partial charge in [-0.3, -0.25) is 9.59 Å². The number of fused-ring (bicyclic) bond motifs is 3. The molecule has 1 aliphatic carbocycles. The lowest BCUT2D eigenvalue weighted by molar-refractivity contribution is -0.185. The van der Waals surface area contributed by atoms with Crippen molar-refractivity contribution in [3.63, 3.8) is 0 Å². The molecule has 0 aromatic heterocycles. The largest absolute Gasteiger partial charge is 0.481 e. The van der Waals surface area contributed by atoms with Crippen LogP contribution < -0.4 is 0 Å². The molecule has 0 unspecified atom stereocenters. The normalized spacial score (nSPS) is 37.2. The highest BCUT2D eigenvalue weighted by atomic mass is 16.5. The van der Waals surface area contributed by atoms with E-state index in [1.807, 2.05) is 0 Å². The van der Waals surface area contributed by atoms with E-state index < -0.39 is 11.4 Å². The Bertz CT molecular complexity index is 250. The molecule has 4 heteroatoms. The molecule has 13 heavy (non-hydrogen) atoms. The predicted octanol–water partition coefficient (Wildman–Crippen LogP) is 0.947. The zero-order chi connectivity index (χ0) is 9.47. The number of carbonyl (C=O) groups is 2. The summed E-state index contributed by atoms with van der Waals surface area (Å²) in [5.41, 5.74) is -0.694. The SMILES string of the molecule is O=C(O)CC12CCC(CC1)OC2=O. The van der Waals surface area contributed by atoms with Gasteiger partial charge >= 0.3 is 11.9 Å². The molecule has 1 saturated carbocycles. The van der Waals surface area contributed by atoms with Gasteiger partial charge in [0.05, 0.1) is 11.8 Å². The zero-order valence-corrected chi connectivity index (χ0v) is 7.28. The topological polar surface area (TPSA) is 63.6 Å². The standard InChI is InChI=1S/C9H12O4/c10-7(11)5-9-3-1-6(2-4-9)13-8(9)12/h6H,1-5H2,(H,10,11). The molecule has 3 aliphatic rings. The summed E-state index contributed by atoms with van der Waals surface area (Å²) in [6.07, 6.45) is 3.02. The van der Waals surface area contributed by atoms with E-state index in [2.05, 4.69) is 0 Å². The van der Waals surface area contributed by atoms with Crippen LogP contribution in [0.3, 0.4) is 0 Å². The van der Waals surface area contributed by atoms with Gasteiger partial charge in [0.1, 0.15) is 6.10 Å². The number of ether oxygens (including phenoxy) is 1. The summed E-state index contributed by atoms with van der Waals surface area (Å²) in [6.45, 7) is 0. The summed E-state index contributed by atoms with van der Waals surface area (Å²) in [6, 6.07) is 0. The molecule has 1 N–H and O–H groups in total. The van der Waals surface area contributed by atoms with E-state index in [0.717, 1.165) is 12.8 Å². The summed E-state index contributed by atoms with van der Waals surface area (Å²) >= 11 is 0. The third-order valence-electron chi connectivity index (χ3n) is 3.09. The third-order valence-corrected chi connectivity index (χ3v) is 3.09. The van der Waals surface area contributed by atoms with Gasteiger partial charge in [-0.1, -0.05) is 0 Å². The van der Waals surface area contributed by atoms with Gasteiger partial charge in [-0.25, -0.2) is 0 Å². The monoisotopic (exact) mass is 184 g/mol. The number of rotatable bonds is 2. The van der Waals surface area contributed by atoms with Crippen LogP contribution in [0.2, 0.25) is 0 Å². The minimum atomic E-state index is -0.905. The van der Waals surface area contributed by atoms with Crippen molar-refractivity contribution in [2.24, 2.45) is 5.41 Å². The molecule has 2 saturated heterocycles. The van der Waals surface area contributed by atoms with E-state index in [1.54, 1.807) is 0 Å². The summed E-state index contributed by atoms with van der Waals surface area (Å²) in [4.78, 5) is 22.0. The van der Waals surface area contributed by atoms with E-state index in [9.17, 15) is 9.59 Å². The van der Waals surface area contributed by atoms with Crippen LogP contribution >= 0.6 is 0 Å². The van der Waals surface area contributed by atoms with Gasteiger partial charge in [-0.05, 0) is 25.7 Å². The van der Waals surface area contributed by atoms with Crippen molar-refractivity contribution in [3.05, 3.63) is 0 Å². The number of carboxylic acids is 1. The van der Waals surface area contributed by atoms with E-state index in [1.165, 1.54) is 0 Å². The fourth-order valence-electron chi connectivity index (χ4n) is 2.28. The first-order valence-corrected chi connectivity index (χ1v) is 4.55. The lowest BCUT2D eigenvalue weighted by Gasteiger charge is -2.43. The molecule has 0 aromatic rings. The number of carbonyl (C=O) groups excluding carboxylic acids is 1. The van der Waals surface area contributed by atoms with E-state index in [-0.39, 0.29) is 18.5 Å². The average Bonchev–Trinajstić information content (AvgIpc) is 2.06. The Morgan fingerprint density at radius 2 is 2.15 bits per heavy atom. The Morgan fingerprint density at radius 1 is 1.54 bits per heavy atom. The maximum Gasteiger partial charge on any atom is 0.312 e. The Hall–Kier alpha value is -1.06. The average molecular weight is 184 g/mol. The summed E-state index contributed by atoms with van der Waals surface area (Å²) in [7, 11) is 0. The summed E-state index contributed by atoms with van der Waals surface area (Å²) < 4.78 is 5.09. The molecule has 72 valence electrons. The van der Waals surface area contributed by atoms with E-state index >= 15 is 0 Å². The van der Waals surface area contributed by atoms with E-state index in [4.69, 9.17) is 9.84 Å². The maximum absolute atomic E-state index is 11.4. The van der Waals surface area contributed by atoms with Crippen molar-refractivity contribution in [2.75, 3.05) is 0 Å². The van der Waals surface area contributed by atoms with Gasteiger partial charge in [-0.2, -0.15) is 0 Å². The first kappa shape index (κ1) is 8.53. The fraction of sp³-hybridized carbons (Fsp3) is 0.778. The highest BCUT2D eigenvalue weighted by Crippen LogP contribution is 2.46. The van der Waals surface area contributed by atoms with Crippen LogP contribution in [0.5, 0.6) is 0 Å². The van der Waals surface area contributed by atoms with Crippen molar-refractivity contribution in [3.8, 4) is 0 Å². The molecular weight excluding hydrogens is 172 g/mol. The van der Waals surface area contributed by atoms with Crippen LogP contribution in [0.15, 0.2) is 0 Å². The molecule has 4 nitrogen and oxygen atoms in total. The number of esters is 1. The summed E-state index contributed by atoms with van der Waals surface area (Å²) in [5.74, 6) is -1.20. The molecule has 2 aliphatic heterocycles. The first-order valence-electron chi connectivity index (χ1n) is 4.55. The lowest BCUT2D eigenvalue weighted by atomic mass is 9.69. The highest BCUT2D eigenvalue weighted by molar-refractivity contribution is 5.84. The lowest BCUT2D eigenvalue weighted by Crippen LogP contribution is -2.47. The van der Waals surface area contributed by atoms with Crippen molar-refractivity contribution in [2.45, 2.75) is 38.2 Å². The molecule has 2 heterocycles. The molecule has 3 rings (SSSR count). The third kappa shape index (κ3) is 1.30. The van der Waals surface area contributed by atoms with Gasteiger partial charge in [0, 0.05) is 0 Å². The number of carboxylic acid groups (broad SMARTS) is 1. The molecule has 0 aromatic carbocycles. The van der Waals surface area contributed by atoms with Gasteiger partial charge in [0.15, 0.2) is 0 Å². The summed E-state index contributed by atoms with van der Waals surface area (Å²) in [5, 5.41) is 8.69. The molecule has 3 fully saturated rings. The Balaban J connectivity index is 2.18. The van der Waals surface area contributed by atoms with Crippen molar-refractivity contribution in [1.29, 1.82) is 0 Å². The quantitative estimate of drug-likeness (QED) is 0.649. The second-order valence-corrected chi connectivity index (χ2v) is 3.96. The second-order valence-electron chi connectivity index (χ2n) is 3.96. The minimum Gasteiger partial charge on any atom is -0.481 e. The van der Waals surface area contributed by atoms with Crippen LogP contribution in [-0.2, 0) is 14.3 Å². The molecule has 2 bridgehead atoms. The van der Waals surface area contributed by atoms with Crippen LogP contribution in [-0.4, -0.2) is 23.1 Å². The predicted molar refractivity (Wildman–Crippen MR) is 43.0 cm³/mol. The molecule has 0 atom stereocenters. The number of aliphatic carboxylic acids is 1. The first-order chi connectivity index (χ1) is 6.12. The maximum atomic E-state index is 11.4. The van der Waals surface area contributed by atoms with Crippen molar-refractivity contribution < 1.29 is 19.4 Å². The number of hydrogen-bond donors (Lipinski definition) is 1. The van der Waals surface area contributed by atoms with Gasteiger partial charge in [-0.15, -0.1) is 0 Å². The van der Waals surface area contributed by atoms with Gasteiger partial charge in [0.2, 0.25) is 0 Å². The zero-order valence-electron chi connectivity index (χ0n) is 7.28. The number of hydrogen-bond acceptors (Lipinski definition) is 3. The molecule has 0 radical (unpaired) electrons. The van der Waals surface area contributed by atoms with Gasteiger partial charge < -0.3 is 9.84 Å². The van der Waals surface area contributed by atoms with Crippen LogP contribution in [0, 0.1) is 5.41 Å². The van der Waals surface area contributed by atoms with Crippen LogP contribution in [0.4, 0.5) is 0 Å².